The Hall–Kier alpha value is -1.75. The van der Waals surface area contributed by atoms with Gasteiger partial charge in [-0.3, -0.25) is 4.79 Å². The van der Waals surface area contributed by atoms with E-state index in [4.69, 9.17) is 14.6 Å². The highest BCUT2D eigenvalue weighted by Crippen LogP contribution is 2.28. The second-order valence-corrected chi connectivity index (χ2v) is 4.50. The average molecular weight is 265 g/mol. The minimum Gasteiger partial charge on any atom is -0.490 e. The summed E-state index contributed by atoms with van der Waals surface area (Å²) >= 11 is 0. The predicted molar refractivity (Wildman–Crippen MR) is 70.2 cm³/mol. The zero-order valence-electron chi connectivity index (χ0n) is 11.0. The van der Waals surface area contributed by atoms with Crippen LogP contribution >= 0.6 is 0 Å². The summed E-state index contributed by atoms with van der Waals surface area (Å²) in [5.41, 5.74) is 0.748. The van der Waals surface area contributed by atoms with E-state index >= 15 is 0 Å². The van der Waals surface area contributed by atoms with Crippen LogP contribution in [0.2, 0.25) is 0 Å². The first-order valence-electron chi connectivity index (χ1n) is 6.51. The number of hydrogen-bond donors (Lipinski definition) is 2. The molecule has 1 aromatic carbocycles. The Balaban J connectivity index is 1.95. The molecule has 0 aromatic heterocycles. The quantitative estimate of drug-likeness (QED) is 0.778. The first-order chi connectivity index (χ1) is 9.22. The molecule has 0 heterocycles. The highest BCUT2D eigenvalue weighted by Gasteiger charge is 2.23. The van der Waals surface area contributed by atoms with Gasteiger partial charge >= 0.3 is 0 Å². The molecular weight excluding hydrogens is 246 g/mol. The van der Waals surface area contributed by atoms with Crippen LogP contribution in [0.15, 0.2) is 18.2 Å². The molecule has 1 amide bonds. The summed E-state index contributed by atoms with van der Waals surface area (Å²) in [6.07, 6.45) is 2.11. The van der Waals surface area contributed by atoms with Crippen molar-refractivity contribution in [3.8, 4) is 11.5 Å². The van der Waals surface area contributed by atoms with E-state index in [9.17, 15) is 4.79 Å². The summed E-state index contributed by atoms with van der Waals surface area (Å²) in [5.74, 6) is 0.953. The van der Waals surface area contributed by atoms with Crippen LogP contribution in [0.1, 0.15) is 25.3 Å². The largest absolute Gasteiger partial charge is 0.490 e. The van der Waals surface area contributed by atoms with E-state index in [1.807, 2.05) is 6.92 Å². The van der Waals surface area contributed by atoms with Crippen LogP contribution in [-0.2, 0) is 11.4 Å². The number of benzene rings is 1. The molecule has 0 spiro atoms. The number of aliphatic hydroxyl groups excluding tert-OH is 1. The summed E-state index contributed by atoms with van der Waals surface area (Å²) in [5, 5.41) is 11.9. The molecule has 0 radical (unpaired) electrons. The molecule has 5 nitrogen and oxygen atoms in total. The maximum atomic E-state index is 11.5. The van der Waals surface area contributed by atoms with Gasteiger partial charge in [0.2, 0.25) is 0 Å². The molecule has 1 aliphatic carbocycles. The number of carbonyl (C=O) groups is 1. The van der Waals surface area contributed by atoms with Crippen molar-refractivity contribution in [3.05, 3.63) is 23.8 Å². The number of carbonyl (C=O) groups excluding carboxylic acids is 1. The van der Waals surface area contributed by atoms with Crippen molar-refractivity contribution in [1.29, 1.82) is 0 Å². The zero-order valence-corrected chi connectivity index (χ0v) is 11.0. The van der Waals surface area contributed by atoms with E-state index in [0.29, 0.717) is 24.1 Å². The van der Waals surface area contributed by atoms with Gasteiger partial charge in [0.15, 0.2) is 18.1 Å². The van der Waals surface area contributed by atoms with Crippen molar-refractivity contribution in [2.24, 2.45) is 0 Å². The van der Waals surface area contributed by atoms with Gasteiger partial charge < -0.3 is 19.9 Å². The fourth-order valence-corrected chi connectivity index (χ4v) is 1.68. The summed E-state index contributed by atoms with van der Waals surface area (Å²) < 4.78 is 10.9. The minimum absolute atomic E-state index is 0.0188. The molecule has 0 atom stereocenters. The summed E-state index contributed by atoms with van der Waals surface area (Å²) in [6, 6.07) is 5.51. The molecule has 0 aliphatic heterocycles. The van der Waals surface area contributed by atoms with E-state index in [1.165, 1.54) is 0 Å². The number of rotatable bonds is 7. The lowest BCUT2D eigenvalue weighted by Crippen LogP contribution is -2.30. The van der Waals surface area contributed by atoms with Crippen molar-refractivity contribution in [2.45, 2.75) is 32.4 Å². The molecule has 1 aromatic rings. The van der Waals surface area contributed by atoms with Crippen molar-refractivity contribution in [1.82, 2.24) is 5.32 Å². The van der Waals surface area contributed by atoms with E-state index in [1.54, 1.807) is 18.2 Å². The number of ether oxygens (including phenoxy) is 2. The molecular formula is C14H19NO4. The molecule has 1 saturated carbocycles. The first-order valence-corrected chi connectivity index (χ1v) is 6.51. The van der Waals surface area contributed by atoms with Crippen LogP contribution in [0.5, 0.6) is 11.5 Å². The zero-order chi connectivity index (χ0) is 13.7. The second-order valence-electron chi connectivity index (χ2n) is 4.50. The van der Waals surface area contributed by atoms with Crippen LogP contribution < -0.4 is 14.8 Å². The van der Waals surface area contributed by atoms with E-state index < -0.39 is 0 Å². The topological polar surface area (TPSA) is 67.8 Å². The normalized spacial score (nSPS) is 14.0. The van der Waals surface area contributed by atoms with Crippen molar-refractivity contribution >= 4 is 5.91 Å². The van der Waals surface area contributed by atoms with Crippen LogP contribution in [0.25, 0.3) is 0 Å². The maximum Gasteiger partial charge on any atom is 0.258 e. The van der Waals surface area contributed by atoms with Gasteiger partial charge in [-0.1, -0.05) is 6.07 Å². The van der Waals surface area contributed by atoms with Gasteiger partial charge in [0.1, 0.15) is 0 Å². The highest BCUT2D eigenvalue weighted by atomic mass is 16.5. The summed E-state index contributed by atoms with van der Waals surface area (Å²) in [4.78, 5) is 11.5. The fourth-order valence-electron chi connectivity index (χ4n) is 1.68. The lowest BCUT2D eigenvalue weighted by atomic mass is 10.2. The third-order valence-electron chi connectivity index (χ3n) is 2.79. The molecule has 104 valence electrons. The van der Waals surface area contributed by atoms with Crippen LogP contribution in [0.4, 0.5) is 0 Å². The lowest BCUT2D eigenvalue weighted by molar-refractivity contribution is -0.123. The molecule has 5 heteroatoms. The van der Waals surface area contributed by atoms with Crippen LogP contribution in [-0.4, -0.2) is 30.3 Å². The van der Waals surface area contributed by atoms with Gasteiger partial charge in [0.25, 0.3) is 5.91 Å². The first kappa shape index (κ1) is 13.7. The van der Waals surface area contributed by atoms with E-state index in [0.717, 1.165) is 18.4 Å². The van der Waals surface area contributed by atoms with Crippen LogP contribution in [0, 0.1) is 0 Å². The third kappa shape index (κ3) is 4.13. The summed E-state index contributed by atoms with van der Waals surface area (Å²) in [6.45, 7) is 2.30. The molecule has 2 N–H and O–H groups in total. The Labute approximate surface area is 112 Å². The van der Waals surface area contributed by atoms with Crippen molar-refractivity contribution in [2.75, 3.05) is 13.2 Å². The van der Waals surface area contributed by atoms with Gasteiger partial charge in [0, 0.05) is 6.04 Å². The molecule has 0 saturated heterocycles. The smallest absolute Gasteiger partial charge is 0.258 e. The Bertz CT molecular complexity index is 443. The van der Waals surface area contributed by atoms with Gasteiger partial charge in [-0.2, -0.15) is 0 Å². The van der Waals surface area contributed by atoms with Gasteiger partial charge in [-0.15, -0.1) is 0 Å². The number of hydrogen-bond acceptors (Lipinski definition) is 4. The number of nitrogens with one attached hydrogen (secondary N) is 1. The highest BCUT2D eigenvalue weighted by molar-refractivity contribution is 5.78. The van der Waals surface area contributed by atoms with E-state index in [2.05, 4.69) is 5.32 Å². The Morgan fingerprint density at radius 1 is 1.37 bits per heavy atom. The van der Waals surface area contributed by atoms with Gasteiger partial charge in [-0.25, -0.2) is 0 Å². The SMILES string of the molecule is CCOc1cc(CO)ccc1OCC(=O)NC1CC1. The number of aliphatic hydroxyl groups is 1. The van der Waals surface area contributed by atoms with Gasteiger partial charge in [-0.05, 0) is 37.5 Å². The molecule has 1 fully saturated rings. The molecule has 19 heavy (non-hydrogen) atoms. The Morgan fingerprint density at radius 3 is 2.79 bits per heavy atom. The van der Waals surface area contributed by atoms with Crippen molar-refractivity contribution < 1.29 is 19.4 Å². The van der Waals surface area contributed by atoms with Crippen LogP contribution in [0.3, 0.4) is 0 Å². The lowest BCUT2D eigenvalue weighted by Gasteiger charge is -2.12. The molecule has 0 unspecified atom stereocenters. The standard InChI is InChI=1S/C14H19NO4/c1-2-18-13-7-10(8-16)3-6-12(13)19-9-14(17)15-11-4-5-11/h3,6-7,11,16H,2,4-5,8-9H2,1H3,(H,15,17). The Kier molecular flexibility index (Phi) is 4.63. The van der Waals surface area contributed by atoms with Crippen molar-refractivity contribution in [3.63, 3.8) is 0 Å². The van der Waals surface area contributed by atoms with Gasteiger partial charge in [0.05, 0.1) is 13.2 Å². The molecule has 2 rings (SSSR count). The number of amides is 1. The summed E-state index contributed by atoms with van der Waals surface area (Å²) in [7, 11) is 0. The van der Waals surface area contributed by atoms with E-state index in [-0.39, 0.29) is 19.1 Å². The average Bonchev–Trinajstić information content (AvgIpc) is 3.21. The molecule has 1 aliphatic rings. The minimum atomic E-state index is -0.115. The monoisotopic (exact) mass is 265 g/mol. The predicted octanol–water partition coefficient (Wildman–Crippen LogP) is 1.23. The second kappa shape index (κ2) is 6.43. The molecule has 0 bridgehead atoms. The fraction of sp³-hybridized carbons (Fsp3) is 0.500. The third-order valence-corrected chi connectivity index (χ3v) is 2.79. The Morgan fingerprint density at radius 2 is 2.16 bits per heavy atom. The maximum absolute atomic E-state index is 11.5.